The van der Waals surface area contributed by atoms with Crippen LogP contribution in [0.4, 0.5) is 0 Å². The van der Waals surface area contributed by atoms with E-state index in [4.69, 9.17) is 16.2 Å². The second-order valence-corrected chi connectivity index (χ2v) is 5.05. The van der Waals surface area contributed by atoms with Crippen molar-refractivity contribution in [3.63, 3.8) is 0 Å². The molecule has 1 rings (SSSR count). The van der Waals surface area contributed by atoms with E-state index in [1.165, 1.54) is 5.56 Å². The molecule has 0 spiro atoms. The second kappa shape index (κ2) is 7.39. The summed E-state index contributed by atoms with van der Waals surface area (Å²) in [6, 6.07) is 6.34. The number of rotatable bonds is 7. The molecular formula is C15H26N2O. The predicted octanol–water partition coefficient (Wildman–Crippen LogP) is 2.95. The maximum Gasteiger partial charge on any atom is 0.123 e. The maximum atomic E-state index is 6.26. The third kappa shape index (κ3) is 4.00. The van der Waals surface area contributed by atoms with E-state index in [1.54, 1.807) is 7.11 Å². The van der Waals surface area contributed by atoms with Gasteiger partial charge in [0.1, 0.15) is 5.75 Å². The van der Waals surface area contributed by atoms with Gasteiger partial charge in [0.25, 0.3) is 0 Å². The number of benzene rings is 1. The Morgan fingerprint density at radius 1 is 1.22 bits per heavy atom. The van der Waals surface area contributed by atoms with Crippen LogP contribution in [0.5, 0.6) is 5.75 Å². The molecule has 3 nitrogen and oxygen atoms in total. The highest BCUT2D eigenvalue weighted by atomic mass is 16.5. The molecule has 1 atom stereocenters. The van der Waals surface area contributed by atoms with Crippen molar-refractivity contribution in [2.45, 2.75) is 45.1 Å². The largest absolute Gasteiger partial charge is 0.496 e. The van der Waals surface area contributed by atoms with Gasteiger partial charge in [0.15, 0.2) is 0 Å². The van der Waals surface area contributed by atoms with Gasteiger partial charge < -0.3 is 16.2 Å². The quantitative estimate of drug-likeness (QED) is 0.731. The van der Waals surface area contributed by atoms with Crippen LogP contribution in [-0.2, 0) is 0 Å². The molecule has 0 saturated heterocycles. The molecule has 0 aliphatic carbocycles. The van der Waals surface area contributed by atoms with E-state index in [1.807, 2.05) is 6.07 Å². The van der Waals surface area contributed by atoms with E-state index >= 15 is 0 Å². The van der Waals surface area contributed by atoms with Crippen molar-refractivity contribution in [2.24, 2.45) is 11.5 Å². The molecule has 1 aromatic rings. The van der Waals surface area contributed by atoms with Crippen LogP contribution in [0.3, 0.4) is 0 Å². The second-order valence-electron chi connectivity index (χ2n) is 5.05. The van der Waals surface area contributed by atoms with E-state index in [2.05, 4.69) is 26.0 Å². The van der Waals surface area contributed by atoms with Crippen molar-refractivity contribution < 1.29 is 4.74 Å². The molecule has 0 heterocycles. The first kappa shape index (κ1) is 15.0. The molecule has 0 bridgehead atoms. The summed E-state index contributed by atoms with van der Waals surface area (Å²) in [5, 5.41) is 0. The van der Waals surface area contributed by atoms with Gasteiger partial charge in [-0.15, -0.1) is 0 Å². The van der Waals surface area contributed by atoms with Gasteiger partial charge in [0, 0.05) is 11.6 Å². The van der Waals surface area contributed by atoms with Gasteiger partial charge in [0.05, 0.1) is 7.11 Å². The fraction of sp³-hybridized carbons (Fsp3) is 0.600. The highest BCUT2D eigenvalue weighted by Crippen LogP contribution is 2.30. The lowest BCUT2D eigenvalue weighted by molar-refractivity contribution is 0.403. The van der Waals surface area contributed by atoms with E-state index in [9.17, 15) is 0 Å². The van der Waals surface area contributed by atoms with Gasteiger partial charge >= 0.3 is 0 Å². The Bertz CT molecular complexity index is 364. The predicted molar refractivity (Wildman–Crippen MR) is 76.9 cm³/mol. The third-order valence-electron chi connectivity index (χ3n) is 3.29. The summed E-state index contributed by atoms with van der Waals surface area (Å²) >= 11 is 0. The van der Waals surface area contributed by atoms with Crippen LogP contribution in [-0.4, -0.2) is 13.7 Å². The highest BCUT2D eigenvalue weighted by Gasteiger charge is 2.13. The highest BCUT2D eigenvalue weighted by molar-refractivity contribution is 5.40. The molecule has 0 saturated carbocycles. The Labute approximate surface area is 111 Å². The van der Waals surface area contributed by atoms with Crippen molar-refractivity contribution >= 4 is 0 Å². The molecule has 18 heavy (non-hydrogen) atoms. The lowest BCUT2D eigenvalue weighted by Gasteiger charge is -2.18. The average Bonchev–Trinajstić information content (AvgIpc) is 2.38. The monoisotopic (exact) mass is 250 g/mol. The average molecular weight is 250 g/mol. The summed E-state index contributed by atoms with van der Waals surface area (Å²) < 4.78 is 5.40. The molecule has 0 amide bonds. The third-order valence-corrected chi connectivity index (χ3v) is 3.29. The lowest BCUT2D eigenvalue weighted by Crippen LogP contribution is -2.13. The SMILES string of the molecule is COc1ccc(C(C)C)cc1[C@H](N)CCCCN. The van der Waals surface area contributed by atoms with Crippen LogP contribution >= 0.6 is 0 Å². The van der Waals surface area contributed by atoms with Crippen LogP contribution in [0.1, 0.15) is 56.2 Å². The van der Waals surface area contributed by atoms with E-state index in [-0.39, 0.29) is 6.04 Å². The van der Waals surface area contributed by atoms with Gasteiger partial charge in [-0.2, -0.15) is 0 Å². The summed E-state index contributed by atoms with van der Waals surface area (Å²) in [5.41, 5.74) is 14.2. The van der Waals surface area contributed by atoms with Crippen molar-refractivity contribution in [1.82, 2.24) is 0 Å². The first-order valence-electron chi connectivity index (χ1n) is 6.73. The van der Waals surface area contributed by atoms with Gasteiger partial charge in [-0.1, -0.05) is 32.4 Å². The van der Waals surface area contributed by atoms with Gasteiger partial charge in [-0.3, -0.25) is 0 Å². The fourth-order valence-corrected chi connectivity index (χ4v) is 2.07. The molecule has 0 aliphatic rings. The van der Waals surface area contributed by atoms with Crippen molar-refractivity contribution in [3.05, 3.63) is 29.3 Å². The Balaban J connectivity index is 2.85. The van der Waals surface area contributed by atoms with Crippen LogP contribution in [0.15, 0.2) is 18.2 Å². The van der Waals surface area contributed by atoms with E-state index in [0.717, 1.165) is 37.1 Å². The maximum absolute atomic E-state index is 6.26. The topological polar surface area (TPSA) is 61.3 Å². The molecule has 4 N–H and O–H groups in total. The van der Waals surface area contributed by atoms with Gasteiger partial charge in [-0.05, 0) is 36.9 Å². The number of hydrogen-bond acceptors (Lipinski definition) is 3. The van der Waals surface area contributed by atoms with Gasteiger partial charge in [0.2, 0.25) is 0 Å². The van der Waals surface area contributed by atoms with Crippen LogP contribution in [0.25, 0.3) is 0 Å². The zero-order chi connectivity index (χ0) is 13.5. The molecular weight excluding hydrogens is 224 g/mol. The zero-order valence-corrected chi connectivity index (χ0v) is 11.8. The Morgan fingerprint density at radius 3 is 2.50 bits per heavy atom. The van der Waals surface area contributed by atoms with Crippen LogP contribution < -0.4 is 16.2 Å². The van der Waals surface area contributed by atoms with Crippen LogP contribution in [0, 0.1) is 0 Å². The molecule has 102 valence electrons. The Kier molecular flexibility index (Phi) is 6.16. The van der Waals surface area contributed by atoms with Crippen molar-refractivity contribution in [3.8, 4) is 5.75 Å². The first-order valence-corrected chi connectivity index (χ1v) is 6.73. The minimum absolute atomic E-state index is 0.0326. The van der Waals surface area contributed by atoms with Crippen LogP contribution in [0.2, 0.25) is 0 Å². The first-order chi connectivity index (χ1) is 8.60. The molecule has 0 unspecified atom stereocenters. The fourth-order valence-electron chi connectivity index (χ4n) is 2.07. The van der Waals surface area contributed by atoms with E-state index < -0.39 is 0 Å². The standard InChI is InChI=1S/C15H26N2O/c1-11(2)12-7-8-15(18-3)13(10-12)14(17)6-4-5-9-16/h7-8,10-11,14H,4-6,9,16-17H2,1-3H3/t14-/m1/s1. The Morgan fingerprint density at radius 2 is 1.94 bits per heavy atom. The number of methoxy groups -OCH3 is 1. The smallest absolute Gasteiger partial charge is 0.123 e. The lowest BCUT2D eigenvalue weighted by atomic mass is 9.95. The molecule has 0 aliphatic heterocycles. The van der Waals surface area contributed by atoms with E-state index in [0.29, 0.717) is 5.92 Å². The van der Waals surface area contributed by atoms with Gasteiger partial charge in [-0.25, -0.2) is 0 Å². The molecule has 3 heteroatoms. The molecule has 0 radical (unpaired) electrons. The molecule has 0 fully saturated rings. The number of ether oxygens (including phenoxy) is 1. The number of nitrogens with two attached hydrogens (primary N) is 2. The van der Waals surface area contributed by atoms with Crippen molar-refractivity contribution in [2.75, 3.05) is 13.7 Å². The zero-order valence-electron chi connectivity index (χ0n) is 11.8. The summed E-state index contributed by atoms with van der Waals surface area (Å²) in [4.78, 5) is 0. The normalized spacial score (nSPS) is 12.8. The summed E-state index contributed by atoms with van der Waals surface area (Å²) in [7, 11) is 1.69. The summed E-state index contributed by atoms with van der Waals surface area (Å²) in [6.07, 6.45) is 3.04. The summed E-state index contributed by atoms with van der Waals surface area (Å²) in [5.74, 6) is 1.39. The minimum Gasteiger partial charge on any atom is -0.496 e. The molecule has 0 aromatic heterocycles. The van der Waals surface area contributed by atoms with Crippen molar-refractivity contribution in [1.29, 1.82) is 0 Å². The number of unbranched alkanes of at least 4 members (excludes halogenated alkanes) is 1. The summed E-state index contributed by atoms with van der Waals surface area (Å²) in [6.45, 7) is 5.10. The minimum atomic E-state index is 0.0326. The molecule has 1 aromatic carbocycles. The Hall–Kier alpha value is -1.06. The number of hydrogen-bond donors (Lipinski definition) is 2.